The molecule has 4 aromatic rings. The lowest BCUT2D eigenvalue weighted by Crippen LogP contribution is -2.22. The molecule has 0 saturated heterocycles. The van der Waals surface area contributed by atoms with Crippen LogP contribution in [0.1, 0.15) is 28.4 Å². The minimum absolute atomic E-state index is 0.0353. The van der Waals surface area contributed by atoms with E-state index in [1.807, 2.05) is 42.1 Å². The molecule has 0 amide bonds. The minimum Gasteiger partial charge on any atom is -0.493 e. The van der Waals surface area contributed by atoms with Crippen LogP contribution in [0.3, 0.4) is 0 Å². The van der Waals surface area contributed by atoms with Crippen molar-refractivity contribution < 1.29 is 19.0 Å². The topological polar surface area (TPSA) is 84.6 Å². The molecular weight excluding hydrogens is 466 g/mol. The number of hydrogen-bond acceptors (Lipinski definition) is 7. The van der Waals surface area contributed by atoms with Gasteiger partial charge >= 0.3 is 0 Å². The number of methoxy groups -OCH3 is 3. The molecule has 0 aliphatic heterocycles. The normalized spacial score (nSPS) is 11.0. The van der Waals surface area contributed by atoms with E-state index in [4.69, 9.17) is 19.2 Å². The minimum atomic E-state index is -0.159. The summed E-state index contributed by atoms with van der Waals surface area (Å²) in [4.78, 5) is 30.7. The maximum absolute atomic E-state index is 13.1. The van der Waals surface area contributed by atoms with Gasteiger partial charge in [0, 0.05) is 30.4 Å². The molecule has 0 fully saturated rings. The molecular formula is C26H27N3O5S. The third-order valence-electron chi connectivity index (χ3n) is 5.84. The second kappa shape index (κ2) is 10.3. The van der Waals surface area contributed by atoms with Gasteiger partial charge in [0.1, 0.15) is 5.65 Å². The molecule has 8 nitrogen and oxygen atoms in total. The van der Waals surface area contributed by atoms with Crippen LogP contribution in [0.2, 0.25) is 0 Å². The SMILES string of the molecule is CCn1c(SC)nc2c(ccn2Cc2ccc(C(=O)c3cc(OC)c(OC)c(OC)c3)cc2)c1=O. The Kier molecular flexibility index (Phi) is 7.16. The molecule has 0 atom stereocenters. The standard InChI is InChI=1S/C26H27N3O5S/c1-6-29-25(31)19-11-12-28(24(19)27-26(29)35-5)15-16-7-9-17(10-8-16)22(30)18-13-20(32-2)23(34-4)21(14-18)33-3/h7-14H,6,15H2,1-5H3. The molecule has 0 unspecified atom stereocenters. The van der Waals surface area contributed by atoms with E-state index in [9.17, 15) is 9.59 Å². The van der Waals surface area contributed by atoms with E-state index in [1.54, 1.807) is 28.8 Å². The Labute approximate surface area is 207 Å². The summed E-state index contributed by atoms with van der Waals surface area (Å²) in [5, 5.41) is 1.29. The maximum atomic E-state index is 13.1. The number of fused-ring (bicyclic) bond motifs is 1. The van der Waals surface area contributed by atoms with Gasteiger partial charge in [0.15, 0.2) is 22.4 Å². The fourth-order valence-corrected chi connectivity index (χ4v) is 4.65. The lowest BCUT2D eigenvalue weighted by atomic mass is 10.0. The lowest BCUT2D eigenvalue weighted by Gasteiger charge is -2.14. The highest BCUT2D eigenvalue weighted by Gasteiger charge is 2.18. The van der Waals surface area contributed by atoms with Crippen molar-refractivity contribution in [2.75, 3.05) is 27.6 Å². The van der Waals surface area contributed by atoms with Crippen molar-refractivity contribution in [1.82, 2.24) is 14.1 Å². The molecule has 0 aliphatic rings. The molecule has 35 heavy (non-hydrogen) atoms. The molecule has 2 aromatic carbocycles. The van der Waals surface area contributed by atoms with E-state index in [1.165, 1.54) is 33.1 Å². The number of nitrogens with zero attached hydrogens (tertiary/aromatic N) is 3. The average molecular weight is 494 g/mol. The molecule has 0 radical (unpaired) electrons. The van der Waals surface area contributed by atoms with Crippen molar-refractivity contribution in [2.24, 2.45) is 0 Å². The van der Waals surface area contributed by atoms with E-state index in [0.717, 1.165) is 5.56 Å². The Morgan fingerprint density at radius 1 is 0.971 bits per heavy atom. The van der Waals surface area contributed by atoms with E-state index in [2.05, 4.69) is 0 Å². The monoisotopic (exact) mass is 493 g/mol. The number of thioether (sulfide) groups is 1. The highest BCUT2D eigenvalue weighted by molar-refractivity contribution is 7.98. The third kappa shape index (κ3) is 4.51. The van der Waals surface area contributed by atoms with Crippen molar-refractivity contribution in [3.63, 3.8) is 0 Å². The second-order valence-corrected chi connectivity index (χ2v) is 8.54. The lowest BCUT2D eigenvalue weighted by molar-refractivity contribution is 0.103. The summed E-state index contributed by atoms with van der Waals surface area (Å²) >= 11 is 1.45. The van der Waals surface area contributed by atoms with Crippen LogP contribution in [0, 0.1) is 0 Å². The van der Waals surface area contributed by atoms with Crippen molar-refractivity contribution in [3.05, 3.63) is 75.7 Å². The number of ether oxygens (including phenoxy) is 3. The molecule has 182 valence electrons. The Balaban J connectivity index is 1.62. The Bertz CT molecular complexity index is 1420. The molecule has 0 bridgehead atoms. The van der Waals surface area contributed by atoms with Crippen LogP contribution in [0.4, 0.5) is 0 Å². The molecule has 4 rings (SSSR count). The molecule has 0 N–H and O–H groups in total. The van der Waals surface area contributed by atoms with Crippen LogP contribution < -0.4 is 19.8 Å². The van der Waals surface area contributed by atoms with Crippen LogP contribution in [0.15, 0.2) is 58.6 Å². The maximum Gasteiger partial charge on any atom is 0.263 e. The number of aromatic nitrogens is 3. The molecule has 0 saturated carbocycles. The summed E-state index contributed by atoms with van der Waals surface area (Å²) in [5.74, 6) is 1.12. The summed E-state index contributed by atoms with van der Waals surface area (Å²) < 4.78 is 19.7. The highest BCUT2D eigenvalue weighted by Crippen LogP contribution is 2.38. The smallest absolute Gasteiger partial charge is 0.263 e. The predicted octanol–water partition coefficient (Wildman–Crippen LogP) is 4.24. The number of rotatable bonds is 9. The summed E-state index contributed by atoms with van der Waals surface area (Å²) in [6, 6.07) is 12.5. The summed E-state index contributed by atoms with van der Waals surface area (Å²) in [6.07, 6.45) is 3.79. The fourth-order valence-electron chi connectivity index (χ4n) is 4.04. The van der Waals surface area contributed by atoms with Gasteiger partial charge < -0.3 is 18.8 Å². The number of carbonyl (C=O) groups is 1. The van der Waals surface area contributed by atoms with Crippen molar-refractivity contribution in [2.45, 2.75) is 25.2 Å². The average Bonchev–Trinajstić information content (AvgIpc) is 3.30. The van der Waals surface area contributed by atoms with Gasteiger partial charge in [-0.15, -0.1) is 0 Å². The quantitative estimate of drug-likeness (QED) is 0.196. The van der Waals surface area contributed by atoms with E-state index < -0.39 is 0 Å². The van der Waals surface area contributed by atoms with Crippen LogP contribution in [0.25, 0.3) is 11.0 Å². The van der Waals surface area contributed by atoms with Crippen molar-refractivity contribution in [1.29, 1.82) is 0 Å². The fraction of sp³-hybridized carbons (Fsp3) is 0.269. The number of ketones is 1. The number of benzene rings is 2. The third-order valence-corrected chi connectivity index (χ3v) is 6.51. The second-order valence-electron chi connectivity index (χ2n) is 7.77. The first-order chi connectivity index (χ1) is 16.9. The van der Waals surface area contributed by atoms with Crippen LogP contribution in [-0.2, 0) is 13.1 Å². The van der Waals surface area contributed by atoms with Gasteiger partial charge in [-0.1, -0.05) is 36.0 Å². The highest BCUT2D eigenvalue weighted by atomic mass is 32.2. The van der Waals surface area contributed by atoms with Crippen molar-refractivity contribution in [3.8, 4) is 17.2 Å². The summed E-state index contributed by atoms with van der Waals surface area (Å²) in [6.45, 7) is 3.04. The van der Waals surface area contributed by atoms with Crippen LogP contribution >= 0.6 is 11.8 Å². The molecule has 0 spiro atoms. The zero-order valence-corrected chi connectivity index (χ0v) is 21.1. The van der Waals surface area contributed by atoms with Gasteiger partial charge in [0.25, 0.3) is 5.56 Å². The first-order valence-corrected chi connectivity index (χ1v) is 12.2. The number of carbonyl (C=O) groups excluding carboxylic acids is 1. The Hall–Kier alpha value is -3.72. The molecule has 2 heterocycles. The van der Waals surface area contributed by atoms with Gasteiger partial charge in [-0.3, -0.25) is 14.2 Å². The largest absolute Gasteiger partial charge is 0.493 e. The Morgan fingerprint density at radius 3 is 2.17 bits per heavy atom. The zero-order chi connectivity index (χ0) is 25.1. The van der Waals surface area contributed by atoms with Crippen molar-refractivity contribution >= 4 is 28.6 Å². The Morgan fingerprint density at radius 2 is 1.63 bits per heavy atom. The predicted molar refractivity (Wildman–Crippen MR) is 137 cm³/mol. The first kappa shape index (κ1) is 24.4. The van der Waals surface area contributed by atoms with E-state index in [0.29, 0.717) is 57.7 Å². The first-order valence-electron chi connectivity index (χ1n) is 11.0. The van der Waals surface area contributed by atoms with Gasteiger partial charge in [-0.2, -0.15) is 0 Å². The molecule has 9 heteroatoms. The van der Waals surface area contributed by atoms with Gasteiger partial charge in [0.05, 0.1) is 26.7 Å². The number of hydrogen-bond donors (Lipinski definition) is 0. The summed E-state index contributed by atoms with van der Waals surface area (Å²) in [5.41, 5.74) is 2.57. The van der Waals surface area contributed by atoms with Crippen LogP contribution in [-0.4, -0.2) is 47.5 Å². The van der Waals surface area contributed by atoms with Gasteiger partial charge in [-0.25, -0.2) is 4.98 Å². The molecule has 2 aromatic heterocycles. The molecule has 0 aliphatic carbocycles. The van der Waals surface area contributed by atoms with Gasteiger partial charge in [-0.05, 0) is 36.9 Å². The van der Waals surface area contributed by atoms with Gasteiger partial charge in [0.2, 0.25) is 5.75 Å². The summed E-state index contributed by atoms with van der Waals surface area (Å²) in [7, 11) is 4.55. The zero-order valence-electron chi connectivity index (χ0n) is 20.3. The van der Waals surface area contributed by atoms with E-state index in [-0.39, 0.29) is 11.3 Å². The van der Waals surface area contributed by atoms with E-state index >= 15 is 0 Å². The van der Waals surface area contributed by atoms with Crippen LogP contribution in [0.5, 0.6) is 17.2 Å².